The third kappa shape index (κ3) is 4.49. The normalized spacial score (nSPS) is 11.7. The Bertz CT molecular complexity index is 2820. The molecule has 0 aliphatic carbocycles. The van der Waals surface area contributed by atoms with E-state index < -0.39 is 0 Å². The molecule has 8 aromatic carbocycles. The van der Waals surface area contributed by atoms with E-state index in [9.17, 15) is 0 Å². The molecule has 0 bridgehead atoms. The van der Waals surface area contributed by atoms with Crippen LogP contribution in [-0.2, 0) is 0 Å². The number of rotatable bonds is 4. The Kier molecular flexibility index (Phi) is 6.15. The Morgan fingerprint density at radius 3 is 1.71 bits per heavy atom. The zero-order valence-electron chi connectivity index (χ0n) is 26.3. The molecular formula is C45H27N3O. The lowest BCUT2D eigenvalue weighted by molar-refractivity contribution is 0.673. The number of furan rings is 1. The molecule has 4 nitrogen and oxygen atoms in total. The number of nitrogens with zero attached hydrogens (tertiary/aromatic N) is 3. The predicted molar refractivity (Wildman–Crippen MR) is 201 cm³/mol. The van der Waals surface area contributed by atoms with Gasteiger partial charge in [-0.3, -0.25) is 0 Å². The topological polar surface area (TPSA) is 51.8 Å². The van der Waals surface area contributed by atoms with Crippen molar-refractivity contribution in [3.05, 3.63) is 164 Å². The molecule has 4 heteroatoms. The average molecular weight is 626 g/mol. The lowest BCUT2D eigenvalue weighted by atomic mass is 9.90. The highest BCUT2D eigenvalue weighted by Gasteiger charge is 2.20. The van der Waals surface area contributed by atoms with E-state index in [0.717, 1.165) is 71.3 Å². The molecule has 0 atom stereocenters. The molecule has 0 fully saturated rings. The summed E-state index contributed by atoms with van der Waals surface area (Å²) in [5, 5.41) is 9.20. The van der Waals surface area contributed by atoms with Crippen molar-refractivity contribution in [3.8, 4) is 45.3 Å². The van der Waals surface area contributed by atoms with Crippen LogP contribution in [-0.4, -0.2) is 15.0 Å². The van der Waals surface area contributed by atoms with Gasteiger partial charge in [0.25, 0.3) is 0 Å². The molecule has 0 spiro atoms. The van der Waals surface area contributed by atoms with Crippen molar-refractivity contribution < 1.29 is 4.42 Å². The van der Waals surface area contributed by atoms with Crippen molar-refractivity contribution in [2.45, 2.75) is 0 Å². The first-order chi connectivity index (χ1) is 24.3. The van der Waals surface area contributed by atoms with Gasteiger partial charge in [0.2, 0.25) is 0 Å². The molecule has 0 N–H and O–H groups in total. The third-order valence-electron chi connectivity index (χ3n) is 9.48. The molecule has 0 amide bonds. The molecular weight excluding hydrogens is 599 g/mol. The van der Waals surface area contributed by atoms with Gasteiger partial charge in [-0.2, -0.15) is 0 Å². The SMILES string of the molecule is c1ccc(-c2nc(-c3ccccc3)nc(-c3ccc4c(-c5cc6ccc7ccccc7c6c6oc7ccccc7c56)cccc4c3)n2)cc1. The zero-order valence-corrected chi connectivity index (χ0v) is 26.3. The van der Waals surface area contributed by atoms with Gasteiger partial charge in [0.1, 0.15) is 11.2 Å². The van der Waals surface area contributed by atoms with Gasteiger partial charge in [0.05, 0.1) is 0 Å². The minimum absolute atomic E-state index is 0.640. The number of aromatic nitrogens is 3. The molecule has 0 saturated carbocycles. The van der Waals surface area contributed by atoms with Crippen molar-refractivity contribution in [2.75, 3.05) is 0 Å². The quantitative estimate of drug-likeness (QED) is 0.183. The highest BCUT2D eigenvalue weighted by Crippen LogP contribution is 2.45. The number of hydrogen-bond acceptors (Lipinski definition) is 4. The molecule has 49 heavy (non-hydrogen) atoms. The van der Waals surface area contributed by atoms with Crippen molar-refractivity contribution in [3.63, 3.8) is 0 Å². The second kappa shape index (κ2) is 11.0. The summed E-state index contributed by atoms with van der Waals surface area (Å²) in [6.07, 6.45) is 0. The minimum atomic E-state index is 0.640. The molecule has 10 aromatic rings. The van der Waals surface area contributed by atoms with Crippen LogP contribution in [0.3, 0.4) is 0 Å². The maximum absolute atomic E-state index is 6.70. The summed E-state index contributed by atoms with van der Waals surface area (Å²) in [6.45, 7) is 0. The van der Waals surface area contributed by atoms with E-state index in [1.54, 1.807) is 0 Å². The van der Waals surface area contributed by atoms with Crippen molar-refractivity contribution in [2.24, 2.45) is 0 Å². The van der Waals surface area contributed by atoms with Gasteiger partial charge in [0, 0.05) is 32.8 Å². The maximum atomic E-state index is 6.70. The lowest BCUT2D eigenvalue weighted by Gasteiger charge is -2.13. The third-order valence-corrected chi connectivity index (χ3v) is 9.48. The van der Waals surface area contributed by atoms with E-state index in [0.29, 0.717) is 17.5 Å². The second-order valence-electron chi connectivity index (χ2n) is 12.4. The van der Waals surface area contributed by atoms with Gasteiger partial charge in [0.15, 0.2) is 17.5 Å². The van der Waals surface area contributed by atoms with E-state index in [1.165, 1.54) is 10.8 Å². The molecule has 0 radical (unpaired) electrons. The first-order valence-electron chi connectivity index (χ1n) is 16.4. The van der Waals surface area contributed by atoms with Crippen LogP contribution in [0, 0.1) is 0 Å². The molecule has 0 unspecified atom stereocenters. The predicted octanol–water partition coefficient (Wildman–Crippen LogP) is 11.9. The Morgan fingerprint density at radius 2 is 0.959 bits per heavy atom. The molecule has 228 valence electrons. The van der Waals surface area contributed by atoms with Crippen LogP contribution in [0.4, 0.5) is 0 Å². The Morgan fingerprint density at radius 1 is 0.347 bits per heavy atom. The van der Waals surface area contributed by atoms with Crippen LogP contribution < -0.4 is 0 Å². The number of benzene rings is 8. The van der Waals surface area contributed by atoms with E-state index in [-0.39, 0.29) is 0 Å². The molecule has 2 heterocycles. The Hall–Kier alpha value is -6.65. The second-order valence-corrected chi connectivity index (χ2v) is 12.4. The summed E-state index contributed by atoms with van der Waals surface area (Å²) in [5.41, 5.74) is 6.95. The van der Waals surface area contributed by atoms with Gasteiger partial charge >= 0.3 is 0 Å². The summed E-state index contributed by atoms with van der Waals surface area (Å²) >= 11 is 0. The van der Waals surface area contributed by atoms with E-state index >= 15 is 0 Å². The fraction of sp³-hybridized carbons (Fsp3) is 0. The molecule has 10 rings (SSSR count). The highest BCUT2D eigenvalue weighted by molar-refractivity contribution is 6.28. The van der Waals surface area contributed by atoms with Crippen LogP contribution in [0.1, 0.15) is 0 Å². The molecule has 0 aliphatic heterocycles. The van der Waals surface area contributed by atoms with Gasteiger partial charge in [-0.25, -0.2) is 15.0 Å². The monoisotopic (exact) mass is 625 g/mol. The first-order valence-corrected chi connectivity index (χ1v) is 16.4. The summed E-state index contributed by atoms with van der Waals surface area (Å²) in [7, 11) is 0. The van der Waals surface area contributed by atoms with E-state index in [2.05, 4.69) is 97.1 Å². The zero-order chi connectivity index (χ0) is 32.3. The first kappa shape index (κ1) is 27.5. The van der Waals surface area contributed by atoms with E-state index in [4.69, 9.17) is 19.4 Å². The molecule has 0 saturated heterocycles. The van der Waals surface area contributed by atoms with Gasteiger partial charge in [-0.15, -0.1) is 0 Å². The van der Waals surface area contributed by atoms with Crippen molar-refractivity contribution in [1.82, 2.24) is 15.0 Å². The Balaban J connectivity index is 1.20. The van der Waals surface area contributed by atoms with Crippen molar-refractivity contribution in [1.29, 1.82) is 0 Å². The largest absolute Gasteiger partial charge is 0.455 e. The van der Waals surface area contributed by atoms with Gasteiger partial charge in [-0.1, -0.05) is 146 Å². The van der Waals surface area contributed by atoms with E-state index in [1.807, 2.05) is 66.7 Å². The van der Waals surface area contributed by atoms with Crippen molar-refractivity contribution >= 4 is 54.3 Å². The number of fused-ring (bicyclic) bond motifs is 8. The smallest absolute Gasteiger partial charge is 0.164 e. The van der Waals surface area contributed by atoms with Crippen LogP contribution in [0.15, 0.2) is 168 Å². The summed E-state index contributed by atoms with van der Waals surface area (Å²) in [5.74, 6) is 1.94. The number of hydrogen-bond donors (Lipinski definition) is 0. The molecule has 2 aromatic heterocycles. The highest BCUT2D eigenvalue weighted by atomic mass is 16.3. The summed E-state index contributed by atoms with van der Waals surface area (Å²) in [4.78, 5) is 14.8. The number of para-hydroxylation sites is 1. The fourth-order valence-electron chi connectivity index (χ4n) is 7.19. The summed E-state index contributed by atoms with van der Waals surface area (Å²) < 4.78 is 6.70. The summed E-state index contributed by atoms with van der Waals surface area (Å²) in [6, 6.07) is 56.9. The standard InChI is InChI=1S/C45H27N3O/c1-3-13-29(14-4-1)43-46-44(30-15-5-2-6-16-30)48-45(47-43)33-24-25-34-31(26-33)17-11-20-36(34)38-27-32-23-22-28-12-7-8-18-35(28)40(32)42-41(38)37-19-9-10-21-39(37)49-42/h1-27H. The van der Waals surface area contributed by atoms with Crippen LogP contribution in [0.2, 0.25) is 0 Å². The maximum Gasteiger partial charge on any atom is 0.164 e. The average Bonchev–Trinajstić information content (AvgIpc) is 3.57. The van der Waals surface area contributed by atoms with Crippen LogP contribution in [0.5, 0.6) is 0 Å². The Labute approximate surface area is 282 Å². The minimum Gasteiger partial charge on any atom is -0.455 e. The fourth-order valence-corrected chi connectivity index (χ4v) is 7.19. The van der Waals surface area contributed by atoms with Gasteiger partial charge in [-0.05, 0) is 56.3 Å². The van der Waals surface area contributed by atoms with Crippen LogP contribution >= 0.6 is 0 Å². The van der Waals surface area contributed by atoms with Gasteiger partial charge < -0.3 is 4.42 Å². The lowest BCUT2D eigenvalue weighted by Crippen LogP contribution is -2.00. The van der Waals surface area contributed by atoms with Crippen LogP contribution in [0.25, 0.3) is 99.5 Å². The molecule has 0 aliphatic rings.